The van der Waals surface area contributed by atoms with Crippen molar-refractivity contribution < 1.29 is 9.53 Å². The van der Waals surface area contributed by atoms with Crippen LogP contribution in [0.25, 0.3) is 0 Å². The Morgan fingerprint density at radius 1 is 1.07 bits per heavy atom. The van der Waals surface area contributed by atoms with Crippen molar-refractivity contribution in [2.45, 2.75) is 26.7 Å². The van der Waals surface area contributed by atoms with Crippen LogP contribution in [0.2, 0.25) is 0 Å². The molecule has 148 valence electrons. The number of para-hydroxylation sites is 1. The highest BCUT2D eigenvalue weighted by atomic mass is 16.6. The molecule has 0 bridgehead atoms. The standard InChI is InChI=1S/C21H27N5O2/c1-3-28-21(27)25-13-11-24(12-14-25)19-15-20(23-16(2)22-19)26-10-6-8-17-7-4-5-9-18(17)26/h4-5,7,9,15H,3,6,8,10-14H2,1-2H3. The van der Waals surface area contributed by atoms with Crippen molar-refractivity contribution >= 4 is 23.4 Å². The number of ether oxygens (including phenoxy) is 1. The van der Waals surface area contributed by atoms with Gasteiger partial charge in [-0.15, -0.1) is 0 Å². The van der Waals surface area contributed by atoms with Crippen LogP contribution >= 0.6 is 0 Å². The zero-order valence-electron chi connectivity index (χ0n) is 16.6. The fourth-order valence-corrected chi connectivity index (χ4v) is 3.94. The first-order valence-electron chi connectivity index (χ1n) is 10.0. The summed E-state index contributed by atoms with van der Waals surface area (Å²) >= 11 is 0. The number of piperazine rings is 1. The summed E-state index contributed by atoms with van der Waals surface area (Å²) in [7, 11) is 0. The molecule has 0 saturated carbocycles. The van der Waals surface area contributed by atoms with Crippen LogP contribution in [0.15, 0.2) is 30.3 Å². The second kappa shape index (κ2) is 8.04. The molecule has 0 radical (unpaired) electrons. The largest absolute Gasteiger partial charge is 0.450 e. The maximum absolute atomic E-state index is 11.9. The van der Waals surface area contributed by atoms with E-state index in [9.17, 15) is 4.79 Å². The molecule has 4 rings (SSSR count). The number of benzene rings is 1. The molecule has 0 aliphatic carbocycles. The van der Waals surface area contributed by atoms with Gasteiger partial charge >= 0.3 is 6.09 Å². The first-order valence-corrected chi connectivity index (χ1v) is 10.0. The minimum Gasteiger partial charge on any atom is -0.450 e. The van der Waals surface area contributed by atoms with Crippen molar-refractivity contribution in [1.82, 2.24) is 14.9 Å². The predicted molar refractivity (Wildman–Crippen MR) is 109 cm³/mol. The summed E-state index contributed by atoms with van der Waals surface area (Å²) in [4.78, 5) is 27.6. The minimum absolute atomic E-state index is 0.230. The summed E-state index contributed by atoms with van der Waals surface area (Å²) in [6, 6.07) is 10.6. The van der Waals surface area contributed by atoms with E-state index < -0.39 is 0 Å². The van der Waals surface area contributed by atoms with Crippen LogP contribution in [0, 0.1) is 6.92 Å². The lowest BCUT2D eigenvalue weighted by molar-refractivity contribution is 0.105. The number of aromatic nitrogens is 2. The smallest absolute Gasteiger partial charge is 0.409 e. The van der Waals surface area contributed by atoms with Crippen LogP contribution in [0.1, 0.15) is 24.7 Å². The van der Waals surface area contributed by atoms with E-state index in [1.54, 1.807) is 4.90 Å². The summed E-state index contributed by atoms with van der Waals surface area (Å²) in [6.45, 7) is 7.91. The maximum atomic E-state index is 11.9. The third-order valence-corrected chi connectivity index (χ3v) is 5.33. The Kier molecular flexibility index (Phi) is 5.32. The Hall–Kier alpha value is -2.83. The summed E-state index contributed by atoms with van der Waals surface area (Å²) in [5, 5.41) is 0. The SMILES string of the molecule is CCOC(=O)N1CCN(c2cc(N3CCCc4ccccc43)nc(C)n2)CC1. The summed E-state index contributed by atoms with van der Waals surface area (Å²) in [6.07, 6.45) is 2.00. The van der Waals surface area contributed by atoms with Gasteiger partial charge in [0, 0.05) is 44.5 Å². The molecular weight excluding hydrogens is 354 g/mol. The van der Waals surface area contributed by atoms with E-state index in [0.717, 1.165) is 49.9 Å². The Morgan fingerprint density at radius 2 is 1.82 bits per heavy atom. The van der Waals surface area contributed by atoms with E-state index >= 15 is 0 Å². The van der Waals surface area contributed by atoms with E-state index in [1.165, 1.54) is 11.3 Å². The number of carbonyl (C=O) groups is 1. The van der Waals surface area contributed by atoms with E-state index in [1.807, 2.05) is 13.8 Å². The highest BCUT2D eigenvalue weighted by Crippen LogP contribution is 2.33. The molecule has 0 N–H and O–H groups in total. The van der Waals surface area contributed by atoms with Crippen molar-refractivity contribution in [3.05, 3.63) is 41.7 Å². The van der Waals surface area contributed by atoms with E-state index in [4.69, 9.17) is 9.72 Å². The lowest BCUT2D eigenvalue weighted by Gasteiger charge is -2.35. The molecular formula is C21H27N5O2. The lowest BCUT2D eigenvalue weighted by Crippen LogP contribution is -2.49. The van der Waals surface area contributed by atoms with Gasteiger partial charge in [0.15, 0.2) is 0 Å². The second-order valence-corrected chi connectivity index (χ2v) is 7.19. The minimum atomic E-state index is -0.230. The van der Waals surface area contributed by atoms with Crippen molar-refractivity contribution in [1.29, 1.82) is 0 Å². The predicted octanol–water partition coefficient (Wildman–Crippen LogP) is 3.15. The summed E-state index contributed by atoms with van der Waals surface area (Å²) < 4.78 is 5.11. The molecule has 1 aromatic heterocycles. The molecule has 1 aromatic carbocycles. The number of rotatable bonds is 3. The molecule has 7 heteroatoms. The molecule has 1 saturated heterocycles. The quantitative estimate of drug-likeness (QED) is 0.814. The van der Waals surface area contributed by atoms with Crippen LogP contribution < -0.4 is 9.80 Å². The van der Waals surface area contributed by atoms with Crippen molar-refractivity contribution in [3.63, 3.8) is 0 Å². The van der Waals surface area contributed by atoms with Crippen LogP contribution in [0.4, 0.5) is 22.1 Å². The van der Waals surface area contributed by atoms with Gasteiger partial charge in [0.2, 0.25) is 0 Å². The monoisotopic (exact) mass is 381 g/mol. The Bertz CT molecular complexity index is 848. The van der Waals surface area contributed by atoms with Gasteiger partial charge in [0.05, 0.1) is 6.61 Å². The number of carbonyl (C=O) groups excluding carboxylic acids is 1. The lowest BCUT2D eigenvalue weighted by atomic mass is 10.0. The highest BCUT2D eigenvalue weighted by molar-refractivity contribution is 5.69. The van der Waals surface area contributed by atoms with E-state index in [2.05, 4.69) is 45.1 Å². The molecule has 28 heavy (non-hydrogen) atoms. The molecule has 7 nitrogen and oxygen atoms in total. The van der Waals surface area contributed by atoms with Crippen LogP contribution in [0.3, 0.4) is 0 Å². The third kappa shape index (κ3) is 3.74. The van der Waals surface area contributed by atoms with Crippen molar-refractivity contribution in [2.75, 3.05) is 49.1 Å². The number of amides is 1. The first kappa shape index (κ1) is 18.5. The van der Waals surface area contributed by atoms with Crippen molar-refractivity contribution in [2.24, 2.45) is 0 Å². The number of anilines is 3. The molecule has 0 unspecified atom stereocenters. The van der Waals surface area contributed by atoms with Crippen LogP contribution in [-0.4, -0.2) is 60.3 Å². The Morgan fingerprint density at radius 3 is 2.61 bits per heavy atom. The molecule has 3 heterocycles. The number of fused-ring (bicyclic) bond motifs is 1. The van der Waals surface area contributed by atoms with Crippen LogP contribution in [-0.2, 0) is 11.2 Å². The van der Waals surface area contributed by atoms with Gasteiger partial charge in [0.25, 0.3) is 0 Å². The average Bonchev–Trinajstić information content (AvgIpc) is 2.73. The van der Waals surface area contributed by atoms with Gasteiger partial charge in [0.1, 0.15) is 17.5 Å². The van der Waals surface area contributed by atoms with Gasteiger partial charge in [-0.1, -0.05) is 18.2 Å². The average molecular weight is 381 g/mol. The first-order chi connectivity index (χ1) is 13.7. The van der Waals surface area contributed by atoms with E-state index in [0.29, 0.717) is 19.7 Å². The Balaban J connectivity index is 1.54. The van der Waals surface area contributed by atoms with Crippen LogP contribution in [0.5, 0.6) is 0 Å². The highest BCUT2D eigenvalue weighted by Gasteiger charge is 2.25. The third-order valence-electron chi connectivity index (χ3n) is 5.33. The molecule has 1 amide bonds. The van der Waals surface area contributed by atoms with E-state index in [-0.39, 0.29) is 6.09 Å². The molecule has 0 atom stereocenters. The zero-order valence-corrected chi connectivity index (χ0v) is 16.6. The summed E-state index contributed by atoms with van der Waals surface area (Å²) in [5.41, 5.74) is 2.61. The fourth-order valence-electron chi connectivity index (χ4n) is 3.94. The fraction of sp³-hybridized carbons (Fsp3) is 0.476. The van der Waals surface area contributed by atoms with Gasteiger partial charge in [-0.3, -0.25) is 0 Å². The maximum Gasteiger partial charge on any atom is 0.409 e. The summed E-state index contributed by atoms with van der Waals surface area (Å²) in [5.74, 6) is 2.64. The normalized spacial score (nSPS) is 16.7. The zero-order chi connectivity index (χ0) is 19.5. The van der Waals surface area contributed by atoms with Gasteiger partial charge in [-0.25, -0.2) is 14.8 Å². The number of nitrogens with zero attached hydrogens (tertiary/aromatic N) is 5. The number of hydrogen-bond acceptors (Lipinski definition) is 6. The second-order valence-electron chi connectivity index (χ2n) is 7.19. The van der Waals surface area contributed by atoms with Crippen molar-refractivity contribution in [3.8, 4) is 0 Å². The molecule has 0 spiro atoms. The molecule has 2 aliphatic rings. The molecule has 2 aromatic rings. The van der Waals surface area contributed by atoms with Gasteiger partial charge < -0.3 is 19.4 Å². The number of hydrogen-bond donors (Lipinski definition) is 0. The van der Waals surface area contributed by atoms with Gasteiger partial charge in [-0.05, 0) is 38.3 Å². The molecule has 1 fully saturated rings. The van der Waals surface area contributed by atoms with Gasteiger partial charge in [-0.2, -0.15) is 0 Å². The number of aryl methyl sites for hydroxylation is 2. The Labute approximate surface area is 165 Å². The molecule has 2 aliphatic heterocycles. The topological polar surface area (TPSA) is 61.8 Å².